The van der Waals surface area contributed by atoms with Crippen molar-refractivity contribution >= 4 is 23.6 Å². The first kappa shape index (κ1) is 16.3. The molecular weight excluding hydrogens is 262 g/mol. The Labute approximate surface area is 119 Å². The summed E-state index contributed by atoms with van der Waals surface area (Å²) in [4.78, 5) is 23.1. The minimum atomic E-state index is -0.829. The molecular formula is C14H25NO3S. The van der Waals surface area contributed by atoms with Gasteiger partial charge in [0.2, 0.25) is 5.91 Å². The fraction of sp³-hybridized carbons (Fsp3) is 0.857. The van der Waals surface area contributed by atoms with Gasteiger partial charge < -0.3 is 10.4 Å². The number of aliphatic carboxylic acids is 1. The van der Waals surface area contributed by atoms with Crippen LogP contribution in [0.15, 0.2) is 0 Å². The normalized spacial score (nSPS) is 26.3. The van der Waals surface area contributed by atoms with Gasteiger partial charge in [0.15, 0.2) is 0 Å². The summed E-state index contributed by atoms with van der Waals surface area (Å²) in [6.45, 7) is 2.69. The van der Waals surface area contributed by atoms with Crippen molar-refractivity contribution in [3.8, 4) is 0 Å². The number of carboxylic acids is 1. The molecule has 0 bridgehead atoms. The maximum absolute atomic E-state index is 12.0. The number of carboxylic acid groups (broad SMARTS) is 1. The Morgan fingerprint density at radius 1 is 1.21 bits per heavy atom. The molecule has 0 aromatic heterocycles. The molecule has 19 heavy (non-hydrogen) atoms. The molecule has 0 heterocycles. The zero-order chi connectivity index (χ0) is 14.3. The fourth-order valence-electron chi connectivity index (χ4n) is 2.75. The molecule has 1 aliphatic rings. The number of unbranched alkanes of at least 4 members (excludes halogenated alkanes) is 2. The van der Waals surface area contributed by atoms with Gasteiger partial charge in [-0.2, -0.15) is 11.8 Å². The zero-order valence-corrected chi connectivity index (χ0v) is 12.7. The van der Waals surface area contributed by atoms with Gasteiger partial charge in [0.1, 0.15) is 0 Å². The Balaban J connectivity index is 2.26. The van der Waals surface area contributed by atoms with Gasteiger partial charge >= 0.3 is 5.97 Å². The standard InChI is InChI=1S/C14H25NO3S/c1-10-8-11(12(9-10)14(17)18)13(16)15-6-4-3-5-7-19-2/h10-12H,3-9H2,1-2H3,(H,15,16)(H,17,18)/t10?,11-,12+/m0/s1. The molecule has 1 unspecified atom stereocenters. The fourth-order valence-corrected chi connectivity index (χ4v) is 3.24. The smallest absolute Gasteiger partial charge is 0.307 e. The molecule has 3 atom stereocenters. The molecule has 1 aliphatic carbocycles. The van der Waals surface area contributed by atoms with Crippen LogP contribution in [0, 0.1) is 17.8 Å². The maximum Gasteiger partial charge on any atom is 0.307 e. The first-order valence-corrected chi connectivity index (χ1v) is 8.45. The van der Waals surface area contributed by atoms with E-state index in [0.29, 0.717) is 25.3 Å². The topological polar surface area (TPSA) is 66.4 Å². The van der Waals surface area contributed by atoms with E-state index < -0.39 is 11.9 Å². The van der Waals surface area contributed by atoms with Gasteiger partial charge in [-0.05, 0) is 43.6 Å². The largest absolute Gasteiger partial charge is 0.481 e. The van der Waals surface area contributed by atoms with Crippen LogP contribution in [0.4, 0.5) is 0 Å². The van der Waals surface area contributed by atoms with Crippen molar-refractivity contribution < 1.29 is 14.7 Å². The van der Waals surface area contributed by atoms with Crippen LogP contribution in [0.3, 0.4) is 0 Å². The van der Waals surface area contributed by atoms with Crippen molar-refractivity contribution in [2.24, 2.45) is 17.8 Å². The number of hydrogen-bond acceptors (Lipinski definition) is 3. The summed E-state index contributed by atoms with van der Waals surface area (Å²) in [5.41, 5.74) is 0. The summed E-state index contributed by atoms with van der Waals surface area (Å²) < 4.78 is 0. The number of rotatable bonds is 8. The first-order chi connectivity index (χ1) is 9.06. The Bertz CT molecular complexity index is 309. The van der Waals surface area contributed by atoms with E-state index in [1.807, 2.05) is 18.7 Å². The van der Waals surface area contributed by atoms with Gasteiger partial charge in [-0.1, -0.05) is 13.3 Å². The van der Waals surface area contributed by atoms with Crippen LogP contribution < -0.4 is 5.32 Å². The Morgan fingerprint density at radius 3 is 2.53 bits per heavy atom. The second-order valence-corrected chi connectivity index (χ2v) is 6.46. The van der Waals surface area contributed by atoms with Gasteiger partial charge in [0, 0.05) is 6.54 Å². The summed E-state index contributed by atoms with van der Waals surface area (Å²) in [5, 5.41) is 12.0. The number of hydrogen-bond donors (Lipinski definition) is 2. The van der Waals surface area contributed by atoms with Gasteiger partial charge in [0.05, 0.1) is 11.8 Å². The van der Waals surface area contributed by atoms with Crippen molar-refractivity contribution in [1.29, 1.82) is 0 Å². The molecule has 1 saturated carbocycles. The van der Waals surface area contributed by atoms with E-state index in [2.05, 4.69) is 11.6 Å². The second kappa shape index (κ2) is 8.46. The molecule has 1 rings (SSSR count). The maximum atomic E-state index is 12.0. The van der Waals surface area contributed by atoms with Crippen LogP contribution in [0.2, 0.25) is 0 Å². The van der Waals surface area contributed by atoms with E-state index in [1.165, 1.54) is 6.42 Å². The molecule has 0 aromatic carbocycles. The number of carbonyl (C=O) groups excluding carboxylic acids is 1. The second-order valence-electron chi connectivity index (χ2n) is 5.47. The number of thioether (sulfide) groups is 1. The highest BCUT2D eigenvalue weighted by Gasteiger charge is 2.40. The highest BCUT2D eigenvalue weighted by Crippen LogP contribution is 2.36. The summed E-state index contributed by atoms with van der Waals surface area (Å²) >= 11 is 1.84. The van der Waals surface area contributed by atoms with Crippen molar-refractivity contribution in [2.45, 2.75) is 39.0 Å². The molecule has 0 aliphatic heterocycles. The van der Waals surface area contributed by atoms with E-state index in [4.69, 9.17) is 5.11 Å². The van der Waals surface area contributed by atoms with Crippen molar-refractivity contribution in [3.63, 3.8) is 0 Å². The molecule has 0 spiro atoms. The lowest BCUT2D eigenvalue weighted by Crippen LogP contribution is -2.35. The average Bonchev–Trinajstić information content (AvgIpc) is 2.76. The molecule has 110 valence electrons. The van der Waals surface area contributed by atoms with Gasteiger partial charge in [-0.3, -0.25) is 9.59 Å². The van der Waals surface area contributed by atoms with Crippen LogP contribution in [-0.2, 0) is 9.59 Å². The monoisotopic (exact) mass is 287 g/mol. The highest BCUT2D eigenvalue weighted by molar-refractivity contribution is 7.98. The van der Waals surface area contributed by atoms with Gasteiger partial charge in [-0.25, -0.2) is 0 Å². The quantitative estimate of drug-likeness (QED) is 0.673. The first-order valence-electron chi connectivity index (χ1n) is 7.05. The predicted octanol–water partition coefficient (Wildman–Crippen LogP) is 2.38. The van der Waals surface area contributed by atoms with E-state index in [0.717, 1.165) is 18.6 Å². The molecule has 0 aromatic rings. The Kier molecular flexibility index (Phi) is 7.28. The van der Waals surface area contributed by atoms with Gasteiger partial charge in [-0.15, -0.1) is 0 Å². The van der Waals surface area contributed by atoms with Crippen LogP contribution in [0.1, 0.15) is 39.0 Å². The van der Waals surface area contributed by atoms with E-state index >= 15 is 0 Å². The molecule has 1 amide bonds. The molecule has 0 saturated heterocycles. The number of carbonyl (C=O) groups is 2. The van der Waals surface area contributed by atoms with Crippen LogP contribution in [0.25, 0.3) is 0 Å². The zero-order valence-electron chi connectivity index (χ0n) is 11.9. The third-order valence-electron chi connectivity index (χ3n) is 3.78. The lowest BCUT2D eigenvalue weighted by Gasteiger charge is -2.15. The highest BCUT2D eigenvalue weighted by atomic mass is 32.2. The average molecular weight is 287 g/mol. The summed E-state index contributed by atoms with van der Waals surface area (Å²) in [6.07, 6.45) is 6.69. The third-order valence-corrected chi connectivity index (χ3v) is 4.47. The summed E-state index contributed by atoms with van der Waals surface area (Å²) in [5.74, 6) is -0.232. The molecule has 0 radical (unpaired) electrons. The van der Waals surface area contributed by atoms with E-state index in [9.17, 15) is 9.59 Å². The lowest BCUT2D eigenvalue weighted by atomic mass is 9.95. The van der Waals surface area contributed by atoms with Crippen LogP contribution in [0.5, 0.6) is 0 Å². The summed E-state index contributed by atoms with van der Waals surface area (Å²) in [7, 11) is 0. The summed E-state index contributed by atoms with van der Waals surface area (Å²) in [6, 6.07) is 0. The minimum Gasteiger partial charge on any atom is -0.481 e. The third kappa shape index (κ3) is 5.43. The Morgan fingerprint density at radius 2 is 1.89 bits per heavy atom. The molecule has 2 N–H and O–H groups in total. The van der Waals surface area contributed by atoms with Crippen molar-refractivity contribution in [3.05, 3.63) is 0 Å². The van der Waals surface area contributed by atoms with Crippen LogP contribution >= 0.6 is 11.8 Å². The molecule has 5 heteroatoms. The number of nitrogens with one attached hydrogen (secondary N) is 1. The van der Waals surface area contributed by atoms with Crippen molar-refractivity contribution in [1.82, 2.24) is 5.32 Å². The van der Waals surface area contributed by atoms with E-state index in [-0.39, 0.29) is 11.8 Å². The van der Waals surface area contributed by atoms with Gasteiger partial charge in [0.25, 0.3) is 0 Å². The SMILES string of the molecule is CSCCCCCNC(=O)[C@H]1CC(C)C[C@H]1C(=O)O. The lowest BCUT2D eigenvalue weighted by molar-refractivity contribution is -0.146. The number of amides is 1. The van der Waals surface area contributed by atoms with E-state index in [1.54, 1.807) is 0 Å². The minimum absolute atomic E-state index is 0.0679. The predicted molar refractivity (Wildman–Crippen MR) is 78.3 cm³/mol. The van der Waals surface area contributed by atoms with Crippen molar-refractivity contribution in [2.75, 3.05) is 18.6 Å². The Hall–Kier alpha value is -0.710. The molecule has 1 fully saturated rings. The molecule has 4 nitrogen and oxygen atoms in total. The van der Waals surface area contributed by atoms with Crippen LogP contribution in [-0.4, -0.2) is 35.5 Å².